The number of aliphatic carboxylic acids is 1. The zero-order valence-corrected chi connectivity index (χ0v) is 11.9. The van der Waals surface area contributed by atoms with E-state index < -0.39 is 5.97 Å². The van der Waals surface area contributed by atoms with Gasteiger partial charge in [0.05, 0.1) is 13.5 Å². The molecule has 0 amide bonds. The maximum absolute atomic E-state index is 10.8. The zero-order chi connectivity index (χ0) is 13.1. The number of rotatable bonds is 5. The summed E-state index contributed by atoms with van der Waals surface area (Å²) in [4.78, 5) is 10.8. The van der Waals surface area contributed by atoms with Crippen LogP contribution in [0.3, 0.4) is 0 Å². The van der Waals surface area contributed by atoms with Crippen molar-refractivity contribution < 1.29 is 14.6 Å². The molecule has 3 nitrogen and oxygen atoms in total. The van der Waals surface area contributed by atoms with E-state index in [2.05, 4.69) is 15.9 Å². The SMILES string of the molecule is COc1ccc(Br)c(CC(C)(C)CC(=O)O)c1. The van der Waals surface area contributed by atoms with Crippen LogP contribution in [-0.4, -0.2) is 18.2 Å². The highest BCUT2D eigenvalue weighted by Gasteiger charge is 2.23. The minimum atomic E-state index is -0.769. The maximum atomic E-state index is 10.8. The van der Waals surface area contributed by atoms with Gasteiger partial charge in [0, 0.05) is 4.47 Å². The monoisotopic (exact) mass is 300 g/mol. The van der Waals surface area contributed by atoms with Crippen molar-refractivity contribution in [3.8, 4) is 5.75 Å². The summed E-state index contributed by atoms with van der Waals surface area (Å²) in [5.41, 5.74) is 0.788. The van der Waals surface area contributed by atoms with Gasteiger partial charge in [-0.3, -0.25) is 4.79 Å². The fourth-order valence-corrected chi connectivity index (χ4v) is 2.19. The average Bonchev–Trinajstić information content (AvgIpc) is 2.19. The van der Waals surface area contributed by atoms with Crippen molar-refractivity contribution in [3.05, 3.63) is 28.2 Å². The molecule has 0 aromatic heterocycles. The minimum Gasteiger partial charge on any atom is -0.497 e. The zero-order valence-electron chi connectivity index (χ0n) is 10.3. The van der Waals surface area contributed by atoms with E-state index in [1.165, 1.54) is 0 Å². The van der Waals surface area contributed by atoms with Crippen LogP contribution in [0.1, 0.15) is 25.8 Å². The fourth-order valence-electron chi connectivity index (χ4n) is 1.80. The number of halogens is 1. The van der Waals surface area contributed by atoms with Crippen molar-refractivity contribution in [2.75, 3.05) is 7.11 Å². The topological polar surface area (TPSA) is 46.5 Å². The lowest BCUT2D eigenvalue weighted by Gasteiger charge is -2.23. The first kappa shape index (κ1) is 14.0. The lowest BCUT2D eigenvalue weighted by Crippen LogP contribution is -2.19. The second kappa shape index (κ2) is 5.54. The second-order valence-corrected chi connectivity index (χ2v) is 5.72. The number of carboxylic acid groups (broad SMARTS) is 1. The minimum absolute atomic E-state index is 0.149. The van der Waals surface area contributed by atoms with Gasteiger partial charge in [0.2, 0.25) is 0 Å². The van der Waals surface area contributed by atoms with E-state index in [4.69, 9.17) is 9.84 Å². The van der Waals surface area contributed by atoms with Crippen LogP contribution >= 0.6 is 15.9 Å². The maximum Gasteiger partial charge on any atom is 0.303 e. The molecule has 0 fully saturated rings. The molecule has 1 rings (SSSR count). The standard InChI is InChI=1S/C13H17BrO3/c1-13(2,8-12(15)16)7-9-6-10(17-3)4-5-11(9)14/h4-6H,7-8H2,1-3H3,(H,15,16). The van der Waals surface area contributed by atoms with E-state index in [0.29, 0.717) is 6.42 Å². The van der Waals surface area contributed by atoms with E-state index in [9.17, 15) is 4.79 Å². The molecule has 94 valence electrons. The van der Waals surface area contributed by atoms with Gasteiger partial charge in [-0.05, 0) is 35.6 Å². The van der Waals surface area contributed by atoms with Gasteiger partial charge in [0.25, 0.3) is 0 Å². The van der Waals surface area contributed by atoms with Crippen LogP contribution in [0, 0.1) is 5.41 Å². The Bertz CT molecular complexity index is 413. The molecule has 0 bridgehead atoms. The summed E-state index contributed by atoms with van der Waals surface area (Å²) in [7, 11) is 1.62. The lowest BCUT2D eigenvalue weighted by atomic mass is 9.83. The van der Waals surface area contributed by atoms with Crippen molar-refractivity contribution in [1.82, 2.24) is 0 Å². The van der Waals surface area contributed by atoms with Gasteiger partial charge in [-0.15, -0.1) is 0 Å². The predicted molar refractivity (Wildman–Crippen MR) is 70.4 cm³/mol. The molecular weight excluding hydrogens is 284 g/mol. The average molecular weight is 301 g/mol. The Morgan fingerprint density at radius 2 is 2.12 bits per heavy atom. The van der Waals surface area contributed by atoms with Crippen molar-refractivity contribution in [2.45, 2.75) is 26.7 Å². The Morgan fingerprint density at radius 3 is 2.65 bits per heavy atom. The van der Waals surface area contributed by atoms with Gasteiger partial charge in [-0.25, -0.2) is 0 Å². The van der Waals surface area contributed by atoms with Gasteiger partial charge >= 0.3 is 5.97 Å². The van der Waals surface area contributed by atoms with Gasteiger partial charge in [-0.2, -0.15) is 0 Å². The summed E-state index contributed by atoms with van der Waals surface area (Å²) in [6, 6.07) is 5.73. The summed E-state index contributed by atoms with van der Waals surface area (Å²) in [6.07, 6.45) is 0.841. The molecule has 1 N–H and O–H groups in total. The van der Waals surface area contributed by atoms with Crippen LogP contribution in [-0.2, 0) is 11.2 Å². The molecule has 0 saturated heterocycles. The van der Waals surface area contributed by atoms with Crippen molar-refractivity contribution >= 4 is 21.9 Å². The van der Waals surface area contributed by atoms with E-state index in [1.807, 2.05) is 32.0 Å². The van der Waals surface area contributed by atoms with Crippen molar-refractivity contribution in [1.29, 1.82) is 0 Å². The molecule has 0 aliphatic rings. The van der Waals surface area contributed by atoms with Gasteiger partial charge in [-0.1, -0.05) is 29.8 Å². The number of hydrogen-bond donors (Lipinski definition) is 1. The van der Waals surface area contributed by atoms with Gasteiger partial charge in [0.1, 0.15) is 5.75 Å². The Kier molecular flexibility index (Phi) is 4.57. The highest BCUT2D eigenvalue weighted by molar-refractivity contribution is 9.10. The van der Waals surface area contributed by atoms with E-state index >= 15 is 0 Å². The van der Waals surface area contributed by atoms with Crippen LogP contribution in [0.5, 0.6) is 5.75 Å². The molecule has 0 unspecified atom stereocenters. The summed E-state index contributed by atoms with van der Waals surface area (Å²) in [5.74, 6) is 0.0170. The lowest BCUT2D eigenvalue weighted by molar-refractivity contribution is -0.139. The summed E-state index contributed by atoms with van der Waals surface area (Å²) in [5, 5.41) is 8.86. The molecule has 0 heterocycles. The smallest absolute Gasteiger partial charge is 0.303 e. The Morgan fingerprint density at radius 1 is 1.47 bits per heavy atom. The van der Waals surface area contributed by atoms with E-state index in [1.54, 1.807) is 7.11 Å². The number of hydrogen-bond acceptors (Lipinski definition) is 2. The molecule has 0 atom stereocenters. The third-order valence-corrected chi connectivity index (χ3v) is 3.33. The third-order valence-electron chi connectivity index (χ3n) is 2.55. The van der Waals surface area contributed by atoms with Crippen LogP contribution in [0.2, 0.25) is 0 Å². The van der Waals surface area contributed by atoms with Crippen molar-refractivity contribution in [2.24, 2.45) is 5.41 Å². The molecular formula is C13H17BrO3. The first-order chi connectivity index (χ1) is 7.84. The molecule has 17 heavy (non-hydrogen) atoms. The summed E-state index contributed by atoms with van der Waals surface area (Å²) < 4.78 is 6.15. The molecule has 0 radical (unpaired) electrons. The van der Waals surface area contributed by atoms with Crippen molar-refractivity contribution in [3.63, 3.8) is 0 Å². The second-order valence-electron chi connectivity index (χ2n) is 4.87. The summed E-state index contributed by atoms with van der Waals surface area (Å²) >= 11 is 3.48. The quantitative estimate of drug-likeness (QED) is 0.905. The van der Waals surface area contributed by atoms with Crippen LogP contribution < -0.4 is 4.74 Å². The molecule has 0 aliphatic heterocycles. The highest BCUT2D eigenvalue weighted by atomic mass is 79.9. The van der Waals surface area contributed by atoms with Crippen LogP contribution in [0.25, 0.3) is 0 Å². The molecule has 0 saturated carbocycles. The van der Waals surface area contributed by atoms with Crippen LogP contribution in [0.15, 0.2) is 22.7 Å². The Labute approximate surface area is 110 Å². The predicted octanol–water partition coefficient (Wildman–Crippen LogP) is 3.50. The first-order valence-electron chi connectivity index (χ1n) is 5.38. The van der Waals surface area contributed by atoms with Crippen LogP contribution in [0.4, 0.5) is 0 Å². The Balaban J connectivity index is 2.89. The largest absolute Gasteiger partial charge is 0.497 e. The number of ether oxygens (including phenoxy) is 1. The summed E-state index contributed by atoms with van der Waals surface area (Å²) in [6.45, 7) is 3.90. The number of carbonyl (C=O) groups is 1. The van der Waals surface area contributed by atoms with E-state index in [0.717, 1.165) is 15.8 Å². The molecule has 0 spiro atoms. The van der Waals surface area contributed by atoms with Gasteiger partial charge in [0.15, 0.2) is 0 Å². The van der Waals surface area contributed by atoms with E-state index in [-0.39, 0.29) is 11.8 Å². The molecule has 1 aromatic carbocycles. The first-order valence-corrected chi connectivity index (χ1v) is 6.17. The number of benzene rings is 1. The number of methoxy groups -OCH3 is 1. The normalized spacial score (nSPS) is 11.3. The molecule has 4 heteroatoms. The third kappa shape index (κ3) is 4.38. The highest BCUT2D eigenvalue weighted by Crippen LogP contribution is 2.31. The molecule has 1 aromatic rings. The number of carboxylic acids is 1. The Hall–Kier alpha value is -1.03. The van der Waals surface area contributed by atoms with Gasteiger partial charge < -0.3 is 9.84 Å². The fraction of sp³-hybridized carbons (Fsp3) is 0.462. The molecule has 0 aliphatic carbocycles.